The highest BCUT2D eigenvalue weighted by atomic mass is 35.5. The van der Waals surface area contributed by atoms with E-state index >= 15 is 0 Å². The quantitative estimate of drug-likeness (QED) is 0.471. The summed E-state index contributed by atoms with van der Waals surface area (Å²) in [4.78, 5) is 13.0. The topological polar surface area (TPSA) is 44.8 Å². The molecule has 1 N–H and O–H groups in total. The van der Waals surface area contributed by atoms with Gasteiger partial charge in [0.15, 0.2) is 0 Å². The molecular formula is C25H23ClF3N3O2. The lowest BCUT2D eigenvalue weighted by atomic mass is 10.1. The molecule has 1 unspecified atom stereocenters. The average molecular weight is 490 g/mol. The van der Waals surface area contributed by atoms with Crippen molar-refractivity contribution in [2.24, 2.45) is 5.92 Å². The number of rotatable bonds is 6. The summed E-state index contributed by atoms with van der Waals surface area (Å²) in [7, 11) is 1.56. The lowest BCUT2D eigenvalue weighted by Gasteiger charge is -2.30. The summed E-state index contributed by atoms with van der Waals surface area (Å²) in [6, 6.07) is 19.3. The van der Waals surface area contributed by atoms with Gasteiger partial charge >= 0.3 is 6.18 Å². The van der Waals surface area contributed by atoms with Crippen LogP contribution in [-0.2, 0) is 17.5 Å². The van der Waals surface area contributed by atoms with E-state index in [1.165, 1.54) is 6.07 Å². The van der Waals surface area contributed by atoms with Crippen LogP contribution in [0.3, 0.4) is 0 Å². The molecule has 0 radical (unpaired) electrons. The fourth-order valence-electron chi connectivity index (χ4n) is 3.93. The maximum absolute atomic E-state index is 13.3. The third kappa shape index (κ3) is 5.63. The molecule has 1 aliphatic heterocycles. The van der Waals surface area contributed by atoms with Gasteiger partial charge in [-0.1, -0.05) is 29.8 Å². The van der Waals surface area contributed by atoms with Gasteiger partial charge < -0.3 is 15.1 Å². The molecule has 0 spiro atoms. The second kappa shape index (κ2) is 9.95. The smallest absolute Gasteiger partial charge is 0.416 e. The van der Waals surface area contributed by atoms with Crippen molar-refractivity contribution in [3.63, 3.8) is 0 Å². The first-order valence-electron chi connectivity index (χ1n) is 10.6. The molecule has 3 aromatic rings. The molecule has 9 heteroatoms. The zero-order valence-electron chi connectivity index (χ0n) is 18.3. The van der Waals surface area contributed by atoms with E-state index in [2.05, 4.69) is 5.32 Å². The molecule has 0 aromatic heterocycles. The first kappa shape index (κ1) is 23.9. The van der Waals surface area contributed by atoms with Crippen LogP contribution < -0.4 is 15.1 Å². The van der Waals surface area contributed by atoms with Crippen molar-refractivity contribution in [1.82, 2.24) is 5.01 Å². The number of carbonyl (C=O) groups excluding carboxylic acids is 1. The Kier molecular flexibility index (Phi) is 7.00. The predicted molar refractivity (Wildman–Crippen MR) is 126 cm³/mol. The summed E-state index contributed by atoms with van der Waals surface area (Å²) in [6.07, 6.45) is -4.46. The van der Waals surface area contributed by atoms with Crippen molar-refractivity contribution in [3.05, 3.63) is 88.9 Å². The Bertz CT molecular complexity index is 1150. The number of nitrogens with zero attached hydrogens (tertiary/aromatic N) is 2. The number of alkyl halides is 3. The van der Waals surface area contributed by atoms with Gasteiger partial charge in [-0.2, -0.15) is 13.2 Å². The first-order valence-corrected chi connectivity index (χ1v) is 11.0. The Balaban J connectivity index is 1.57. The Morgan fingerprint density at radius 2 is 1.79 bits per heavy atom. The Morgan fingerprint density at radius 3 is 2.47 bits per heavy atom. The highest BCUT2D eigenvalue weighted by Crippen LogP contribution is 2.34. The van der Waals surface area contributed by atoms with E-state index in [-0.39, 0.29) is 12.5 Å². The molecule has 1 saturated heterocycles. The SMILES string of the molecule is COc1ccc(NC(=O)C2CN(Cc3cccc(Cl)c3)N(c3cccc(C(F)(F)F)c3)C2)cc1. The maximum Gasteiger partial charge on any atom is 0.416 e. The number of amides is 1. The second-order valence-corrected chi connectivity index (χ2v) is 8.46. The van der Waals surface area contributed by atoms with E-state index < -0.39 is 17.7 Å². The number of hydrogen-bond acceptors (Lipinski definition) is 4. The minimum absolute atomic E-state index is 0.212. The van der Waals surface area contributed by atoms with E-state index in [9.17, 15) is 18.0 Å². The number of anilines is 2. The molecule has 1 amide bonds. The van der Waals surface area contributed by atoms with Crippen molar-refractivity contribution >= 4 is 28.9 Å². The summed E-state index contributed by atoms with van der Waals surface area (Å²) < 4.78 is 45.1. The molecule has 34 heavy (non-hydrogen) atoms. The molecule has 5 nitrogen and oxygen atoms in total. The number of hydrogen-bond donors (Lipinski definition) is 1. The fraction of sp³-hybridized carbons (Fsp3) is 0.240. The normalized spacial score (nSPS) is 16.5. The molecule has 1 fully saturated rings. The molecule has 1 aliphatic rings. The third-order valence-electron chi connectivity index (χ3n) is 5.62. The van der Waals surface area contributed by atoms with Crippen molar-refractivity contribution in [2.75, 3.05) is 30.5 Å². The van der Waals surface area contributed by atoms with Gasteiger partial charge in [0.1, 0.15) is 5.75 Å². The second-order valence-electron chi connectivity index (χ2n) is 8.02. The van der Waals surface area contributed by atoms with Crippen LogP contribution in [0.25, 0.3) is 0 Å². The van der Waals surface area contributed by atoms with Crippen LogP contribution in [0, 0.1) is 5.92 Å². The Morgan fingerprint density at radius 1 is 1.06 bits per heavy atom. The van der Waals surface area contributed by atoms with Gasteiger partial charge in [-0.25, -0.2) is 5.01 Å². The maximum atomic E-state index is 13.3. The molecule has 0 aliphatic carbocycles. The van der Waals surface area contributed by atoms with E-state index in [0.717, 1.165) is 17.7 Å². The molecule has 3 aromatic carbocycles. The number of ether oxygens (including phenoxy) is 1. The zero-order valence-corrected chi connectivity index (χ0v) is 19.1. The average Bonchev–Trinajstić information content (AvgIpc) is 3.23. The van der Waals surface area contributed by atoms with Gasteiger partial charge in [-0.05, 0) is 60.2 Å². The monoisotopic (exact) mass is 489 g/mol. The zero-order chi connectivity index (χ0) is 24.3. The summed E-state index contributed by atoms with van der Waals surface area (Å²) in [5.74, 6) is -0.00569. The number of methoxy groups -OCH3 is 1. The number of benzene rings is 3. The van der Waals surface area contributed by atoms with E-state index in [4.69, 9.17) is 16.3 Å². The van der Waals surface area contributed by atoms with E-state index in [0.29, 0.717) is 35.2 Å². The van der Waals surface area contributed by atoms with Gasteiger partial charge in [0.05, 0.1) is 24.3 Å². The molecule has 4 rings (SSSR count). The molecule has 178 valence electrons. The summed E-state index contributed by atoms with van der Waals surface area (Å²) in [5.41, 5.74) is 1.14. The van der Waals surface area contributed by atoms with Crippen molar-refractivity contribution in [3.8, 4) is 5.75 Å². The molecule has 1 atom stereocenters. The van der Waals surface area contributed by atoms with Gasteiger partial charge in [0.25, 0.3) is 0 Å². The van der Waals surface area contributed by atoms with Crippen LogP contribution in [0.4, 0.5) is 24.5 Å². The Labute approximate surface area is 200 Å². The molecule has 0 bridgehead atoms. The van der Waals surface area contributed by atoms with Crippen LogP contribution in [0.2, 0.25) is 5.02 Å². The molecule has 1 heterocycles. The third-order valence-corrected chi connectivity index (χ3v) is 5.85. The lowest BCUT2D eigenvalue weighted by Crippen LogP contribution is -2.36. The number of carbonyl (C=O) groups is 1. The Hall–Kier alpha value is -3.23. The van der Waals surface area contributed by atoms with Crippen molar-refractivity contribution < 1.29 is 22.7 Å². The van der Waals surface area contributed by atoms with Gasteiger partial charge in [0, 0.05) is 30.3 Å². The minimum atomic E-state index is -4.46. The summed E-state index contributed by atoms with van der Waals surface area (Å²) in [5, 5.41) is 7.06. The molecule has 0 saturated carbocycles. The highest BCUT2D eigenvalue weighted by molar-refractivity contribution is 6.30. The van der Waals surface area contributed by atoms with E-state index in [1.807, 2.05) is 17.1 Å². The van der Waals surface area contributed by atoms with Crippen LogP contribution in [0.1, 0.15) is 11.1 Å². The summed E-state index contributed by atoms with van der Waals surface area (Å²) >= 11 is 6.12. The predicted octanol–water partition coefficient (Wildman–Crippen LogP) is 5.86. The largest absolute Gasteiger partial charge is 0.497 e. The number of hydrazine groups is 1. The highest BCUT2D eigenvalue weighted by Gasteiger charge is 2.36. The van der Waals surface area contributed by atoms with Crippen LogP contribution in [0.15, 0.2) is 72.8 Å². The van der Waals surface area contributed by atoms with Crippen molar-refractivity contribution in [2.45, 2.75) is 12.7 Å². The summed E-state index contributed by atoms with van der Waals surface area (Å²) in [6.45, 7) is 0.970. The van der Waals surface area contributed by atoms with Gasteiger partial charge in [-0.3, -0.25) is 4.79 Å². The first-order chi connectivity index (χ1) is 16.2. The van der Waals surface area contributed by atoms with Crippen LogP contribution >= 0.6 is 11.6 Å². The fourth-order valence-corrected chi connectivity index (χ4v) is 4.14. The standard InChI is InChI=1S/C25H23ClF3N3O2/c1-34-23-10-8-21(9-11-23)30-24(33)18-15-31(14-17-4-2-6-20(26)12-17)32(16-18)22-7-3-5-19(13-22)25(27,28)29/h2-13,18H,14-16H2,1H3,(H,30,33). The number of halogens is 4. The minimum Gasteiger partial charge on any atom is -0.497 e. The van der Waals surface area contributed by atoms with E-state index in [1.54, 1.807) is 54.6 Å². The lowest BCUT2D eigenvalue weighted by molar-refractivity contribution is -0.137. The van der Waals surface area contributed by atoms with Gasteiger partial charge in [0.2, 0.25) is 5.91 Å². The molecular weight excluding hydrogens is 467 g/mol. The van der Waals surface area contributed by atoms with Crippen molar-refractivity contribution in [1.29, 1.82) is 0 Å². The van der Waals surface area contributed by atoms with Crippen LogP contribution in [0.5, 0.6) is 5.75 Å². The van der Waals surface area contributed by atoms with Crippen LogP contribution in [-0.4, -0.2) is 31.1 Å². The number of nitrogens with one attached hydrogen (secondary N) is 1. The van der Waals surface area contributed by atoms with Gasteiger partial charge in [-0.15, -0.1) is 0 Å².